The third-order valence-corrected chi connectivity index (χ3v) is 4.04. The molecule has 1 fully saturated rings. The van der Waals surface area contributed by atoms with Crippen molar-refractivity contribution < 1.29 is 22.0 Å². The average molecular weight is 351 g/mol. The number of benzene rings is 1. The number of amides is 1. The molecule has 0 bridgehead atoms. The summed E-state index contributed by atoms with van der Waals surface area (Å²) in [4.78, 5) is 35.7. The van der Waals surface area contributed by atoms with Gasteiger partial charge in [0.1, 0.15) is 0 Å². The fourth-order valence-corrected chi connectivity index (χ4v) is 2.69. The number of piperidine rings is 1. The van der Waals surface area contributed by atoms with Crippen LogP contribution in [0.25, 0.3) is 0 Å². The summed E-state index contributed by atoms with van der Waals surface area (Å²) in [7, 11) is 0. The molecular formula is C17H23N3O5. The molecule has 0 atom stereocenters. The van der Waals surface area contributed by atoms with Crippen molar-refractivity contribution in [3.05, 3.63) is 39.9 Å². The molecule has 25 heavy (non-hydrogen) atoms. The number of nitro groups is 1. The number of Topliss-reactive ketones (excluding diaryl/α,β-unsaturated/α-hetero) is 1. The van der Waals surface area contributed by atoms with Gasteiger partial charge in [-0.2, -0.15) is 0 Å². The van der Waals surface area contributed by atoms with Gasteiger partial charge < -0.3 is 15.0 Å². The zero-order valence-electron chi connectivity index (χ0n) is 16.1. The van der Waals surface area contributed by atoms with Gasteiger partial charge in [0.05, 0.1) is 11.5 Å². The van der Waals surface area contributed by atoms with Crippen LogP contribution in [0.4, 0.5) is 10.5 Å². The summed E-state index contributed by atoms with van der Waals surface area (Å²) in [6.07, 6.45) is 0.299. The van der Waals surface area contributed by atoms with Gasteiger partial charge in [0.15, 0.2) is 5.78 Å². The second-order valence-corrected chi connectivity index (χ2v) is 5.66. The van der Waals surface area contributed by atoms with Crippen LogP contribution in [0.1, 0.15) is 32.9 Å². The Kier molecular flexibility index (Phi) is 5.84. The van der Waals surface area contributed by atoms with E-state index >= 15 is 0 Å². The number of rotatable bonds is 7. The number of likely N-dealkylation sites (tertiary alicyclic amines) is 1. The Balaban J connectivity index is 1.89. The van der Waals surface area contributed by atoms with Crippen molar-refractivity contribution >= 4 is 17.6 Å². The number of hydrogen-bond donors (Lipinski definition) is 1. The molecule has 1 aliphatic heterocycles. The van der Waals surface area contributed by atoms with Crippen LogP contribution in [0.3, 0.4) is 0 Å². The fraction of sp³-hybridized carbons (Fsp3) is 0.529. The predicted octanol–water partition coefficient (Wildman–Crippen LogP) is 2.24. The minimum atomic E-state index is -1.74. The minimum Gasteiger partial charge on any atom is -0.450 e. The summed E-state index contributed by atoms with van der Waals surface area (Å²) in [5.41, 5.74) is 0.356. The summed E-state index contributed by atoms with van der Waals surface area (Å²) < 4.78 is 21.0. The van der Waals surface area contributed by atoms with E-state index in [1.54, 1.807) is 11.8 Å². The molecule has 1 aliphatic rings. The van der Waals surface area contributed by atoms with Crippen LogP contribution >= 0.6 is 0 Å². The molecule has 0 spiro atoms. The smallest absolute Gasteiger partial charge is 0.407 e. The van der Waals surface area contributed by atoms with Crippen LogP contribution in [0, 0.1) is 16.0 Å². The van der Waals surface area contributed by atoms with Crippen LogP contribution in [-0.2, 0) is 4.74 Å². The molecule has 0 unspecified atom stereocenters. The SMILES string of the molecule is [2H]C([2H])(CNC(=O)OCC)N1CCC(C(=O)c2ccc([N+](=O)[O-])cc2)CC1. The molecule has 136 valence electrons. The Hall–Kier alpha value is -2.48. The number of ether oxygens (including phenoxy) is 1. The maximum atomic E-state index is 12.6. The van der Waals surface area contributed by atoms with Crippen molar-refractivity contribution in [3.63, 3.8) is 0 Å². The van der Waals surface area contributed by atoms with E-state index in [0.29, 0.717) is 31.5 Å². The van der Waals surface area contributed by atoms with E-state index in [-0.39, 0.29) is 30.5 Å². The second-order valence-electron chi connectivity index (χ2n) is 5.66. The van der Waals surface area contributed by atoms with Gasteiger partial charge in [-0.05, 0) is 45.0 Å². The van der Waals surface area contributed by atoms with Crippen LogP contribution in [0.15, 0.2) is 24.3 Å². The van der Waals surface area contributed by atoms with Gasteiger partial charge in [-0.3, -0.25) is 14.9 Å². The molecule has 0 radical (unpaired) electrons. The summed E-state index contributed by atoms with van der Waals surface area (Å²) >= 11 is 0. The Morgan fingerprint density at radius 3 is 2.56 bits per heavy atom. The molecule has 0 aromatic heterocycles. The molecule has 1 N–H and O–H groups in total. The third-order valence-electron chi connectivity index (χ3n) is 4.04. The van der Waals surface area contributed by atoms with Crippen LogP contribution in [0.5, 0.6) is 0 Å². The number of nitro benzene ring substituents is 1. The number of carbonyl (C=O) groups excluding carboxylic acids is 2. The van der Waals surface area contributed by atoms with Crippen LogP contribution in [0.2, 0.25) is 0 Å². The van der Waals surface area contributed by atoms with E-state index in [4.69, 9.17) is 7.48 Å². The first-order chi connectivity index (χ1) is 12.7. The largest absolute Gasteiger partial charge is 0.450 e. The Morgan fingerprint density at radius 2 is 2.00 bits per heavy atom. The first kappa shape index (κ1) is 16.0. The van der Waals surface area contributed by atoms with Crippen molar-refractivity contribution in [2.75, 3.05) is 32.7 Å². The highest BCUT2D eigenvalue weighted by atomic mass is 16.6. The van der Waals surface area contributed by atoms with Gasteiger partial charge in [-0.25, -0.2) is 4.79 Å². The molecule has 1 heterocycles. The van der Waals surface area contributed by atoms with Gasteiger partial charge in [-0.15, -0.1) is 0 Å². The highest BCUT2D eigenvalue weighted by molar-refractivity contribution is 5.98. The van der Waals surface area contributed by atoms with Gasteiger partial charge in [0, 0.05) is 39.4 Å². The molecular weight excluding hydrogens is 326 g/mol. The van der Waals surface area contributed by atoms with Crippen molar-refractivity contribution in [1.82, 2.24) is 10.2 Å². The lowest BCUT2D eigenvalue weighted by Gasteiger charge is -2.31. The number of ketones is 1. The van der Waals surface area contributed by atoms with E-state index in [1.807, 2.05) is 0 Å². The van der Waals surface area contributed by atoms with Gasteiger partial charge >= 0.3 is 6.09 Å². The van der Waals surface area contributed by atoms with Crippen molar-refractivity contribution in [3.8, 4) is 0 Å². The molecule has 1 amide bonds. The van der Waals surface area contributed by atoms with Crippen molar-refractivity contribution in [2.24, 2.45) is 5.92 Å². The first-order valence-corrected chi connectivity index (χ1v) is 8.19. The zero-order valence-corrected chi connectivity index (χ0v) is 14.1. The van der Waals surface area contributed by atoms with E-state index in [9.17, 15) is 19.7 Å². The maximum Gasteiger partial charge on any atom is 0.407 e. The lowest BCUT2D eigenvalue weighted by atomic mass is 9.89. The lowest BCUT2D eigenvalue weighted by molar-refractivity contribution is -0.384. The van der Waals surface area contributed by atoms with E-state index < -0.39 is 17.5 Å². The molecule has 1 aromatic rings. The number of carbonyl (C=O) groups is 2. The van der Waals surface area contributed by atoms with Gasteiger partial charge in [0.2, 0.25) is 0 Å². The number of nitrogens with zero attached hydrogens (tertiary/aromatic N) is 2. The van der Waals surface area contributed by atoms with Gasteiger partial charge in [-0.1, -0.05) is 0 Å². The molecule has 2 rings (SSSR count). The summed E-state index contributed by atoms with van der Waals surface area (Å²) in [5, 5.41) is 13.1. The number of nitrogens with one attached hydrogen (secondary N) is 1. The van der Waals surface area contributed by atoms with Crippen LogP contribution < -0.4 is 5.32 Å². The Labute approximate surface area is 149 Å². The number of alkyl carbamates (subject to hydrolysis) is 1. The Bertz CT molecular complexity index is 688. The Morgan fingerprint density at radius 1 is 1.36 bits per heavy atom. The lowest BCUT2D eigenvalue weighted by Crippen LogP contribution is -2.41. The average Bonchev–Trinajstić information content (AvgIpc) is 2.66. The first-order valence-electron chi connectivity index (χ1n) is 9.19. The molecule has 8 heteroatoms. The summed E-state index contributed by atoms with van der Waals surface area (Å²) in [6, 6.07) is 5.52. The minimum absolute atomic E-state index is 0.0661. The highest BCUT2D eigenvalue weighted by Gasteiger charge is 2.26. The monoisotopic (exact) mass is 351 g/mol. The highest BCUT2D eigenvalue weighted by Crippen LogP contribution is 2.22. The molecule has 0 saturated carbocycles. The number of non-ortho nitro benzene ring substituents is 1. The molecule has 8 nitrogen and oxygen atoms in total. The third kappa shape index (κ3) is 5.53. The van der Waals surface area contributed by atoms with Crippen LogP contribution in [-0.4, -0.2) is 54.4 Å². The quantitative estimate of drug-likeness (QED) is 0.459. The number of hydrogen-bond acceptors (Lipinski definition) is 6. The van der Waals surface area contributed by atoms with E-state index in [2.05, 4.69) is 5.32 Å². The molecule has 0 aliphatic carbocycles. The maximum absolute atomic E-state index is 12.6. The summed E-state index contributed by atoms with van der Waals surface area (Å²) in [5.74, 6) is -0.341. The molecule has 1 aromatic carbocycles. The predicted molar refractivity (Wildman–Crippen MR) is 91.6 cm³/mol. The summed E-state index contributed by atoms with van der Waals surface area (Å²) in [6.45, 7) is 0.689. The van der Waals surface area contributed by atoms with E-state index in [0.717, 1.165) is 0 Å². The normalized spacial score (nSPS) is 17.3. The zero-order chi connectivity index (χ0) is 20.0. The van der Waals surface area contributed by atoms with E-state index in [1.165, 1.54) is 24.3 Å². The molecule has 1 saturated heterocycles. The topological polar surface area (TPSA) is 102 Å². The van der Waals surface area contributed by atoms with Crippen molar-refractivity contribution in [2.45, 2.75) is 19.8 Å². The van der Waals surface area contributed by atoms with Gasteiger partial charge in [0.25, 0.3) is 5.69 Å². The second kappa shape index (κ2) is 9.12. The standard InChI is InChI=1S/C17H23N3O5/c1-2-25-17(22)18-9-12-19-10-7-14(8-11-19)16(21)13-3-5-15(6-4-13)20(23)24/h3-6,14H,2,7-12H2,1H3,(H,18,22)/i12D2. The fourth-order valence-electron chi connectivity index (χ4n) is 2.69. The van der Waals surface area contributed by atoms with Crippen molar-refractivity contribution in [1.29, 1.82) is 0 Å².